The number of carbonyl (C=O) groups is 1. The molecule has 0 saturated heterocycles. The molecule has 1 aromatic heterocycles. The lowest BCUT2D eigenvalue weighted by Crippen LogP contribution is -2.15. The Balaban J connectivity index is 1.90. The summed E-state index contributed by atoms with van der Waals surface area (Å²) >= 11 is 0. The SMILES string of the molecule is C=CCCCc1ccc(C)cc1C(=O)Nc1cccc2cccnc12. The molecule has 25 heavy (non-hydrogen) atoms. The molecule has 0 fully saturated rings. The highest BCUT2D eigenvalue weighted by atomic mass is 16.1. The summed E-state index contributed by atoms with van der Waals surface area (Å²) in [6.45, 7) is 5.77. The molecule has 2 aromatic carbocycles. The Morgan fingerprint density at radius 1 is 1.20 bits per heavy atom. The van der Waals surface area contributed by atoms with Gasteiger partial charge in [0, 0.05) is 17.1 Å². The lowest BCUT2D eigenvalue weighted by atomic mass is 9.99. The van der Waals surface area contributed by atoms with Crippen molar-refractivity contribution in [2.24, 2.45) is 0 Å². The van der Waals surface area contributed by atoms with Crippen molar-refractivity contribution in [3.63, 3.8) is 0 Å². The molecular formula is C22H22N2O. The van der Waals surface area contributed by atoms with Crippen molar-refractivity contribution in [3.8, 4) is 0 Å². The fourth-order valence-electron chi connectivity index (χ4n) is 2.95. The summed E-state index contributed by atoms with van der Waals surface area (Å²) in [6.07, 6.45) is 6.45. The Bertz CT molecular complexity index is 910. The summed E-state index contributed by atoms with van der Waals surface area (Å²) in [5.41, 5.74) is 4.42. The molecule has 0 spiro atoms. The first-order chi connectivity index (χ1) is 12.2. The lowest BCUT2D eigenvalue weighted by molar-refractivity contribution is 0.102. The standard InChI is InChI=1S/C22H22N2O/c1-3-4-5-8-17-13-12-16(2)15-19(17)22(25)24-20-11-6-9-18-10-7-14-23-21(18)20/h3,6-7,9-15H,1,4-5,8H2,2H3,(H,24,25). The molecule has 3 heteroatoms. The van der Waals surface area contributed by atoms with Crippen LogP contribution in [0.1, 0.15) is 34.3 Å². The monoisotopic (exact) mass is 330 g/mol. The van der Waals surface area contributed by atoms with Crippen LogP contribution >= 0.6 is 0 Å². The molecule has 3 rings (SSSR count). The van der Waals surface area contributed by atoms with Gasteiger partial charge in [-0.05, 0) is 49.9 Å². The maximum absolute atomic E-state index is 12.9. The number of amides is 1. The minimum atomic E-state index is -0.0875. The third kappa shape index (κ3) is 3.94. The molecule has 0 aliphatic rings. The number of hydrogen-bond acceptors (Lipinski definition) is 2. The zero-order chi connectivity index (χ0) is 17.6. The number of aryl methyl sites for hydroxylation is 2. The van der Waals surface area contributed by atoms with Crippen LogP contribution in [0.2, 0.25) is 0 Å². The summed E-state index contributed by atoms with van der Waals surface area (Å²) in [7, 11) is 0. The van der Waals surface area contributed by atoms with Gasteiger partial charge in [0.25, 0.3) is 5.91 Å². The Labute approximate surface area is 148 Å². The van der Waals surface area contributed by atoms with Gasteiger partial charge in [-0.25, -0.2) is 0 Å². The van der Waals surface area contributed by atoms with E-state index in [1.165, 1.54) is 0 Å². The average Bonchev–Trinajstić information content (AvgIpc) is 2.63. The van der Waals surface area contributed by atoms with Crippen LogP contribution in [-0.4, -0.2) is 10.9 Å². The maximum atomic E-state index is 12.9. The Morgan fingerprint density at radius 2 is 2.04 bits per heavy atom. The number of unbranched alkanes of at least 4 members (excludes halogenated alkanes) is 1. The smallest absolute Gasteiger partial charge is 0.256 e. The first-order valence-corrected chi connectivity index (χ1v) is 8.54. The van der Waals surface area contributed by atoms with Crippen LogP contribution < -0.4 is 5.32 Å². The van der Waals surface area contributed by atoms with Crippen LogP contribution in [0.3, 0.4) is 0 Å². The van der Waals surface area contributed by atoms with E-state index < -0.39 is 0 Å². The molecular weight excluding hydrogens is 308 g/mol. The maximum Gasteiger partial charge on any atom is 0.256 e. The molecule has 3 aromatic rings. The highest BCUT2D eigenvalue weighted by Crippen LogP contribution is 2.22. The van der Waals surface area contributed by atoms with Crippen molar-refractivity contribution < 1.29 is 4.79 Å². The number of rotatable bonds is 6. The van der Waals surface area contributed by atoms with Gasteiger partial charge in [-0.1, -0.05) is 42.0 Å². The zero-order valence-corrected chi connectivity index (χ0v) is 14.5. The number of allylic oxidation sites excluding steroid dienone is 1. The van der Waals surface area contributed by atoms with E-state index in [-0.39, 0.29) is 5.91 Å². The molecule has 0 aliphatic carbocycles. The van der Waals surface area contributed by atoms with Crippen molar-refractivity contribution >= 4 is 22.5 Å². The van der Waals surface area contributed by atoms with Gasteiger partial charge in [0.1, 0.15) is 0 Å². The van der Waals surface area contributed by atoms with Gasteiger partial charge in [-0.3, -0.25) is 9.78 Å². The quantitative estimate of drug-likeness (QED) is 0.492. The Morgan fingerprint density at radius 3 is 2.88 bits per heavy atom. The third-order valence-corrected chi connectivity index (χ3v) is 4.25. The number of para-hydroxylation sites is 1. The minimum Gasteiger partial charge on any atom is -0.320 e. The van der Waals surface area contributed by atoms with Gasteiger partial charge < -0.3 is 5.32 Å². The van der Waals surface area contributed by atoms with Crippen LogP contribution in [0.5, 0.6) is 0 Å². The molecule has 1 N–H and O–H groups in total. The van der Waals surface area contributed by atoms with E-state index >= 15 is 0 Å². The van der Waals surface area contributed by atoms with Crippen LogP contribution in [0.25, 0.3) is 10.9 Å². The van der Waals surface area contributed by atoms with Gasteiger partial charge in [-0.15, -0.1) is 6.58 Å². The molecule has 126 valence electrons. The molecule has 3 nitrogen and oxygen atoms in total. The van der Waals surface area contributed by atoms with E-state index in [1.807, 2.05) is 49.4 Å². The van der Waals surface area contributed by atoms with Crippen LogP contribution in [0, 0.1) is 6.92 Å². The van der Waals surface area contributed by atoms with Crippen molar-refractivity contribution in [1.82, 2.24) is 4.98 Å². The van der Waals surface area contributed by atoms with Crippen LogP contribution in [0.15, 0.2) is 67.4 Å². The number of hydrogen-bond donors (Lipinski definition) is 1. The average molecular weight is 330 g/mol. The Hall–Kier alpha value is -2.94. The molecule has 1 heterocycles. The van der Waals surface area contributed by atoms with Gasteiger partial charge in [0.2, 0.25) is 0 Å². The van der Waals surface area contributed by atoms with E-state index in [2.05, 4.69) is 29.0 Å². The summed E-state index contributed by atoms with van der Waals surface area (Å²) < 4.78 is 0. The second-order valence-electron chi connectivity index (χ2n) is 6.18. The second-order valence-corrected chi connectivity index (χ2v) is 6.18. The first-order valence-electron chi connectivity index (χ1n) is 8.54. The van der Waals surface area contributed by atoms with Crippen molar-refractivity contribution in [2.75, 3.05) is 5.32 Å². The third-order valence-electron chi connectivity index (χ3n) is 4.25. The van der Waals surface area contributed by atoms with E-state index in [1.54, 1.807) is 6.20 Å². The Kier molecular flexibility index (Phi) is 5.24. The van der Waals surface area contributed by atoms with Crippen molar-refractivity contribution in [3.05, 3.63) is 84.1 Å². The zero-order valence-electron chi connectivity index (χ0n) is 14.5. The first kappa shape index (κ1) is 16.9. The van der Waals surface area contributed by atoms with Gasteiger partial charge in [-0.2, -0.15) is 0 Å². The predicted molar refractivity (Wildman–Crippen MR) is 104 cm³/mol. The van der Waals surface area contributed by atoms with E-state index in [9.17, 15) is 4.79 Å². The molecule has 0 radical (unpaired) electrons. The number of nitrogens with zero attached hydrogens (tertiary/aromatic N) is 1. The van der Waals surface area contributed by atoms with Gasteiger partial charge >= 0.3 is 0 Å². The number of benzene rings is 2. The van der Waals surface area contributed by atoms with Gasteiger partial charge in [0.15, 0.2) is 0 Å². The number of aromatic nitrogens is 1. The molecule has 0 atom stereocenters. The fourth-order valence-corrected chi connectivity index (χ4v) is 2.95. The molecule has 1 amide bonds. The highest BCUT2D eigenvalue weighted by Gasteiger charge is 2.13. The number of fused-ring (bicyclic) bond motifs is 1. The minimum absolute atomic E-state index is 0.0875. The summed E-state index contributed by atoms with van der Waals surface area (Å²) in [5.74, 6) is -0.0875. The van der Waals surface area contributed by atoms with E-state index in [0.717, 1.165) is 52.5 Å². The van der Waals surface area contributed by atoms with Gasteiger partial charge in [0.05, 0.1) is 11.2 Å². The molecule has 0 saturated carbocycles. The van der Waals surface area contributed by atoms with E-state index in [4.69, 9.17) is 0 Å². The number of carbonyl (C=O) groups excluding carboxylic acids is 1. The number of pyridine rings is 1. The number of anilines is 1. The summed E-state index contributed by atoms with van der Waals surface area (Å²) in [6, 6.07) is 15.8. The topological polar surface area (TPSA) is 42.0 Å². The summed E-state index contributed by atoms with van der Waals surface area (Å²) in [5, 5.41) is 4.05. The normalized spacial score (nSPS) is 10.6. The summed E-state index contributed by atoms with van der Waals surface area (Å²) in [4.78, 5) is 17.3. The fraction of sp³-hybridized carbons (Fsp3) is 0.182. The lowest BCUT2D eigenvalue weighted by Gasteiger charge is -2.12. The van der Waals surface area contributed by atoms with E-state index in [0.29, 0.717) is 0 Å². The van der Waals surface area contributed by atoms with Crippen molar-refractivity contribution in [2.45, 2.75) is 26.2 Å². The highest BCUT2D eigenvalue weighted by molar-refractivity contribution is 6.09. The second kappa shape index (κ2) is 7.75. The molecule has 0 aliphatic heterocycles. The molecule has 0 unspecified atom stereocenters. The largest absolute Gasteiger partial charge is 0.320 e. The molecule has 0 bridgehead atoms. The predicted octanol–water partition coefficient (Wildman–Crippen LogP) is 5.30. The number of nitrogens with one attached hydrogen (secondary N) is 1. The van der Waals surface area contributed by atoms with Crippen LogP contribution in [0.4, 0.5) is 5.69 Å². The van der Waals surface area contributed by atoms with Crippen molar-refractivity contribution in [1.29, 1.82) is 0 Å². The van der Waals surface area contributed by atoms with Crippen LogP contribution in [-0.2, 0) is 6.42 Å².